The first-order chi connectivity index (χ1) is 11.0. The van der Waals surface area contributed by atoms with Crippen molar-refractivity contribution in [3.8, 4) is 0 Å². The number of fused-ring (bicyclic) bond motifs is 1. The van der Waals surface area contributed by atoms with E-state index < -0.39 is 0 Å². The molecule has 2 atom stereocenters. The van der Waals surface area contributed by atoms with Crippen LogP contribution in [-0.2, 0) is 13.1 Å². The number of hydrogen-bond donors (Lipinski definition) is 0. The first-order valence-corrected chi connectivity index (χ1v) is 8.95. The predicted molar refractivity (Wildman–Crippen MR) is 92.8 cm³/mol. The first kappa shape index (κ1) is 16.4. The minimum absolute atomic E-state index is 0.211. The average molecular weight is 317 g/mol. The molecule has 23 heavy (non-hydrogen) atoms. The van der Waals surface area contributed by atoms with Crippen molar-refractivity contribution in [3.63, 3.8) is 0 Å². The summed E-state index contributed by atoms with van der Waals surface area (Å²) in [6, 6.07) is 6.17. The van der Waals surface area contributed by atoms with E-state index in [0.29, 0.717) is 18.0 Å². The minimum Gasteiger partial charge on any atom is -0.327 e. The molecular weight excluding hydrogens is 289 g/mol. The lowest BCUT2D eigenvalue weighted by molar-refractivity contribution is 0.136. The molecule has 3 nitrogen and oxygen atoms in total. The molecule has 3 rings (SSSR count). The maximum Gasteiger partial charge on any atom is 0.125 e. The fraction of sp³-hybridized carbons (Fsp3) is 0.632. The SMILES string of the molecule is CCC(C)C(C)N(Cc1nc2cc(F)ccc2n1CC)C1CC1. The van der Waals surface area contributed by atoms with Gasteiger partial charge in [0.1, 0.15) is 11.6 Å². The Morgan fingerprint density at radius 1 is 1.30 bits per heavy atom. The lowest BCUT2D eigenvalue weighted by Gasteiger charge is -2.32. The van der Waals surface area contributed by atoms with E-state index in [4.69, 9.17) is 4.98 Å². The van der Waals surface area contributed by atoms with Crippen molar-refractivity contribution in [1.29, 1.82) is 0 Å². The maximum absolute atomic E-state index is 13.5. The van der Waals surface area contributed by atoms with Gasteiger partial charge in [-0.1, -0.05) is 20.3 Å². The number of nitrogens with zero attached hydrogens (tertiary/aromatic N) is 3. The highest BCUT2D eigenvalue weighted by molar-refractivity contribution is 5.76. The van der Waals surface area contributed by atoms with Crippen molar-refractivity contribution in [2.75, 3.05) is 0 Å². The van der Waals surface area contributed by atoms with E-state index in [2.05, 4.69) is 37.2 Å². The van der Waals surface area contributed by atoms with Crippen LogP contribution in [0.1, 0.15) is 52.8 Å². The fourth-order valence-electron chi connectivity index (χ4n) is 3.47. The highest BCUT2D eigenvalue weighted by Crippen LogP contribution is 2.33. The molecule has 0 bridgehead atoms. The number of halogens is 1. The van der Waals surface area contributed by atoms with Crippen LogP contribution in [0.5, 0.6) is 0 Å². The number of benzene rings is 1. The molecule has 0 radical (unpaired) electrons. The van der Waals surface area contributed by atoms with Gasteiger partial charge in [-0.05, 0) is 44.7 Å². The summed E-state index contributed by atoms with van der Waals surface area (Å²) in [6.45, 7) is 10.8. The Balaban J connectivity index is 1.92. The van der Waals surface area contributed by atoms with E-state index in [1.807, 2.05) is 6.07 Å². The van der Waals surface area contributed by atoms with Crippen molar-refractivity contribution < 1.29 is 4.39 Å². The molecule has 0 amide bonds. The van der Waals surface area contributed by atoms with Gasteiger partial charge in [-0.15, -0.1) is 0 Å². The Hall–Kier alpha value is -1.42. The molecule has 126 valence electrons. The Morgan fingerprint density at radius 2 is 2.04 bits per heavy atom. The summed E-state index contributed by atoms with van der Waals surface area (Å²) in [5.74, 6) is 1.53. The van der Waals surface area contributed by atoms with Crippen LogP contribution in [0, 0.1) is 11.7 Å². The number of aromatic nitrogens is 2. The van der Waals surface area contributed by atoms with E-state index >= 15 is 0 Å². The quantitative estimate of drug-likeness (QED) is 0.744. The largest absolute Gasteiger partial charge is 0.327 e. The zero-order valence-electron chi connectivity index (χ0n) is 14.7. The van der Waals surface area contributed by atoms with Gasteiger partial charge >= 0.3 is 0 Å². The van der Waals surface area contributed by atoms with Gasteiger partial charge in [0.15, 0.2) is 0 Å². The molecule has 1 aromatic carbocycles. The van der Waals surface area contributed by atoms with Crippen molar-refractivity contribution in [1.82, 2.24) is 14.5 Å². The zero-order chi connectivity index (χ0) is 16.6. The van der Waals surface area contributed by atoms with Crippen LogP contribution in [0.2, 0.25) is 0 Å². The molecule has 1 aliphatic rings. The number of imidazole rings is 1. The molecule has 1 aliphatic carbocycles. The van der Waals surface area contributed by atoms with E-state index in [0.717, 1.165) is 29.9 Å². The third kappa shape index (κ3) is 3.27. The maximum atomic E-state index is 13.5. The minimum atomic E-state index is -0.211. The van der Waals surface area contributed by atoms with E-state index in [-0.39, 0.29) is 5.82 Å². The molecule has 1 fully saturated rings. The van der Waals surface area contributed by atoms with Gasteiger partial charge in [0.25, 0.3) is 0 Å². The van der Waals surface area contributed by atoms with Crippen molar-refractivity contribution >= 4 is 11.0 Å². The van der Waals surface area contributed by atoms with Crippen LogP contribution < -0.4 is 0 Å². The molecule has 2 unspecified atom stereocenters. The standard InChI is InChI=1S/C19H28FN3/c1-5-13(3)14(4)23(16-8-9-16)12-19-21-17-11-15(20)7-10-18(17)22(19)6-2/h7,10-11,13-14,16H,5-6,8-9,12H2,1-4H3. The first-order valence-electron chi connectivity index (χ1n) is 8.95. The number of hydrogen-bond acceptors (Lipinski definition) is 2. The van der Waals surface area contributed by atoms with Crippen molar-refractivity contribution in [2.24, 2.45) is 5.92 Å². The monoisotopic (exact) mass is 317 g/mol. The van der Waals surface area contributed by atoms with Crippen LogP contribution in [0.4, 0.5) is 4.39 Å². The van der Waals surface area contributed by atoms with E-state index in [1.165, 1.54) is 25.3 Å². The summed E-state index contributed by atoms with van der Waals surface area (Å²) in [4.78, 5) is 7.35. The molecule has 0 saturated heterocycles. The lowest BCUT2D eigenvalue weighted by atomic mass is 9.99. The molecule has 1 heterocycles. The van der Waals surface area contributed by atoms with Gasteiger partial charge in [0.05, 0.1) is 17.6 Å². The molecule has 0 N–H and O–H groups in total. The van der Waals surface area contributed by atoms with E-state index in [1.54, 1.807) is 6.07 Å². The van der Waals surface area contributed by atoms with Crippen LogP contribution >= 0.6 is 0 Å². The van der Waals surface area contributed by atoms with Gasteiger partial charge in [-0.3, -0.25) is 4.90 Å². The smallest absolute Gasteiger partial charge is 0.125 e. The highest BCUT2D eigenvalue weighted by atomic mass is 19.1. The summed E-state index contributed by atoms with van der Waals surface area (Å²) in [6.07, 6.45) is 3.78. The van der Waals surface area contributed by atoms with Crippen molar-refractivity contribution in [3.05, 3.63) is 29.8 Å². The average Bonchev–Trinajstić information content (AvgIpc) is 3.32. The summed E-state index contributed by atoms with van der Waals surface area (Å²) in [5, 5.41) is 0. The molecule has 0 aliphatic heterocycles. The van der Waals surface area contributed by atoms with Gasteiger partial charge in [0, 0.05) is 24.7 Å². The molecule has 4 heteroatoms. The van der Waals surface area contributed by atoms with Crippen LogP contribution in [-0.4, -0.2) is 26.5 Å². The summed E-state index contributed by atoms with van der Waals surface area (Å²) < 4.78 is 15.7. The third-order valence-corrected chi connectivity index (χ3v) is 5.44. The van der Waals surface area contributed by atoms with Crippen LogP contribution in [0.25, 0.3) is 11.0 Å². The molecule has 1 aromatic heterocycles. The molecular formula is C19H28FN3. The summed E-state index contributed by atoms with van der Waals surface area (Å²) >= 11 is 0. The third-order valence-electron chi connectivity index (χ3n) is 5.44. The van der Waals surface area contributed by atoms with Gasteiger partial charge in [-0.25, -0.2) is 9.37 Å². The number of rotatable bonds is 7. The van der Waals surface area contributed by atoms with Crippen molar-refractivity contribution in [2.45, 2.75) is 72.1 Å². The molecule has 2 aromatic rings. The fourth-order valence-corrected chi connectivity index (χ4v) is 3.47. The van der Waals surface area contributed by atoms with Crippen LogP contribution in [0.3, 0.4) is 0 Å². The lowest BCUT2D eigenvalue weighted by Crippen LogP contribution is -2.39. The second-order valence-corrected chi connectivity index (χ2v) is 6.93. The normalized spacial score (nSPS) is 17.8. The van der Waals surface area contributed by atoms with Gasteiger partial charge in [0.2, 0.25) is 0 Å². The Morgan fingerprint density at radius 3 is 2.65 bits per heavy atom. The predicted octanol–water partition coefficient (Wildman–Crippen LogP) is 4.59. The Kier molecular flexibility index (Phi) is 4.72. The molecule has 0 spiro atoms. The van der Waals surface area contributed by atoms with Gasteiger partial charge in [-0.2, -0.15) is 0 Å². The van der Waals surface area contributed by atoms with Crippen LogP contribution in [0.15, 0.2) is 18.2 Å². The van der Waals surface area contributed by atoms with E-state index in [9.17, 15) is 4.39 Å². The zero-order valence-corrected chi connectivity index (χ0v) is 14.7. The Bertz CT molecular complexity index is 675. The second-order valence-electron chi connectivity index (χ2n) is 6.93. The summed E-state index contributed by atoms with van der Waals surface area (Å²) in [5.41, 5.74) is 1.81. The topological polar surface area (TPSA) is 21.1 Å². The number of aryl methyl sites for hydroxylation is 1. The van der Waals surface area contributed by atoms with Gasteiger partial charge < -0.3 is 4.57 Å². The Labute approximate surface area is 138 Å². The second kappa shape index (κ2) is 6.60. The highest BCUT2D eigenvalue weighted by Gasteiger charge is 2.34. The summed E-state index contributed by atoms with van der Waals surface area (Å²) in [7, 11) is 0. The molecule has 1 saturated carbocycles.